The Labute approximate surface area is 158 Å². The van der Waals surface area contributed by atoms with Gasteiger partial charge in [0.05, 0.1) is 16.7 Å². The second kappa shape index (κ2) is 6.68. The third-order valence-corrected chi connectivity index (χ3v) is 4.65. The number of para-hydroxylation sites is 3. The number of aromatic nitrogens is 2. The topological polar surface area (TPSA) is 57.8 Å². The molecule has 0 atom stereocenters. The smallest absolute Gasteiger partial charge is 0.255 e. The lowest BCUT2D eigenvalue weighted by molar-refractivity contribution is 0.102. The molecular formula is C20H14IN3O. The summed E-state index contributed by atoms with van der Waals surface area (Å²) in [5.74, 6) is 0.597. The molecule has 0 aliphatic rings. The van der Waals surface area contributed by atoms with E-state index in [0.29, 0.717) is 5.56 Å². The molecular weight excluding hydrogens is 425 g/mol. The van der Waals surface area contributed by atoms with Crippen LogP contribution >= 0.6 is 22.6 Å². The second-order valence-corrected chi connectivity index (χ2v) is 6.85. The summed E-state index contributed by atoms with van der Waals surface area (Å²) in [6.45, 7) is 0. The van der Waals surface area contributed by atoms with Gasteiger partial charge in [-0.3, -0.25) is 4.79 Å². The molecule has 1 heterocycles. The van der Waals surface area contributed by atoms with Gasteiger partial charge in [-0.05, 0) is 71.1 Å². The maximum atomic E-state index is 12.5. The van der Waals surface area contributed by atoms with Crippen LogP contribution in [0, 0.1) is 3.57 Å². The van der Waals surface area contributed by atoms with Crippen molar-refractivity contribution >= 4 is 45.2 Å². The van der Waals surface area contributed by atoms with Gasteiger partial charge in [0.25, 0.3) is 5.91 Å². The third-order valence-electron chi connectivity index (χ3n) is 3.93. The first-order valence-corrected chi connectivity index (χ1v) is 8.90. The lowest BCUT2D eigenvalue weighted by atomic mass is 10.1. The standard InChI is InChI=1S/C20H14IN3O/c21-14-11-9-13(10-12-14)20(25)24-16-6-2-1-5-15(16)19-22-17-7-3-4-8-18(17)23-19/h1-12H,(H,22,23)(H,24,25). The van der Waals surface area contributed by atoms with Gasteiger partial charge in [0.2, 0.25) is 0 Å². The predicted molar refractivity (Wildman–Crippen MR) is 109 cm³/mol. The summed E-state index contributed by atoms with van der Waals surface area (Å²) in [6.07, 6.45) is 0. The first kappa shape index (κ1) is 15.8. The first-order chi connectivity index (χ1) is 12.2. The van der Waals surface area contributed by atoms with Gasteiger partial charge in [0.1, 0.15) is 5.82 Å². The van der Waals surface area contributed by atoms with Crippen molar-refractivity contribution in [2.75, 3.05) is 5.32 Å². The van der Waals surface area contributed by atoms with Crippen molar-refractivity contribution in [3.05, 3.63) is 81.9 Å². The number of H-pyrrole nitrogens is 1. The number of aromatic amines is 1. The average molecular weight is 439 g/mol. The van der Waals surface area contributed by atoms with Crippen LogP contribution in [-0.4, -0.2) is 15.9 Å². The number of carbonyl (C=O) groups is 1. The van der Waals surface area contributed by atoms with Crippen LogP contribution in [0.25, 0.3) is 22.4 Å². The van der Waals surface area contributed by atoms with Gasteiger partial charge in [-0.1, -0.05) is 24.3 Å². The second-order valence-electron chi connectivity index (χ2n) is 5.61. The highest BCUT2D eigenvalue weighted by Gasteiger charge is 2.12. The summed E-state index contributed by atoms with van der Waals surface area (Å²) in [5.41, 5.74) is 4.08. The van der Waals surface area contributed by atoms with Crippen molar-refractivity contribution in [2.24, 2.45) is 0 Å². The van der Waals surface area contributed by atoms with E-state index < -0.39 is 0 Å². The number of nitrogens with zero attached hydrogens (tertiary/aromatic N) is 1. The van der Waals surface area contributed by atoms with Gasteiger partial charge in [-0.2, -0.15) is 0 Å². The fourth-order valence-electron chi connectivity index (χ4n) is 2.67. The third kappa shape index (κ3) is 3.28. The van der Waals surface area contributed by atoms with E-state index >= 15 is 0 Å². The van der Waals surface area contributed by atoms with Crippen LogP contribution in [0.1, 0.15) is 10.4 Å². The molecule has 122 valence electrons. The molecule has 0 fully saturated rings. The molecule has 2 N–H and O–H groups in total. The number of imidazole rings is 1. The van der Waals surface area contributed by atoms with Crippen molar-refractivity contribution in [3.8, 4) is 11.4 Å². The molecule has 1 amide bonds. The quantitative estimate of drug-likeness (QED) is 0.437. The van der Waals surface area contributed by atoms with Gasteiger partial charge in [0, 0.05) is 14.7 Å². The van der Waals surface area contributed by atoms with Crippen molar-refractivity contribution in [1.29, 1.82) is 0 Å². The molecule has 0 radical (unpaired) electrons. The molecule has 0 aliphatic heterocycles. The highest BCUT2D eigenvalue weighted by molar-refractivity contribution is 14.1. The maximum Gasteiger partial charge on any atom is 0.255 e. The fourth-order valence-corrected chi connectivity index (χ4v) is 3.03. The predicted octanol–water partition coefficient (Wildman–Crippen LogP) is 5.09. The Morgan fingerprint density at radius 1 is 0.920 bits per heavy atom. The molecule has 25 heavy (non-hydrogen) atoms. The Morgan fingerprint density at radius 3 is 2.44 bits per heavy atom. The normalized spacial score (nSPS) is 10.8. The van der Waals surface area contributed by atoms with Gasteiger partial charge in [-0.25, -0.2) is 4.98 Å². The van der Waals surface area contributed by atoms with E-state index in [0.717, 1.165) is 31.7 Å². The summed E-state index contributed by atoms with van der Waals surface area (Å²) < 4.78 is 1.09. The lowest BCUT2D eigenvalue weighted by Crippen LogP contribution is -2.12. The van der Waals surface area contributed by atoms with E-state index in [4.69, 9.17) is 0 Å². The molecule has 4 aromatic rings. The minimum Gasteiger partial charge on any atom is -0.338 e. The number of amides is 1. The molecule has 0 unspecified atom stereocenters. The number of benzene rings is 3. The number of carbonyl (C=O) groups excluding carboxylic acids is 1. The SMILES string of the molecule is O=C(Nc1ccccc1-c1nc2ccccc2[nH]1)c1ccc(I)cc1. The number of fused-ring (bicyclic) bond motifs is 1. The van der Waals surface area contributed by atoms with Gasteiger partial charge in [0.15, 0.2) is 0 Å². The number of rotatable bonds is 3. The molecule has 0 aliphatic carbocycles. The summed E-state index contributed by atoms with van der Waals surface area (Å²) in [7, 11) is 0. The summed E-state index contributed by atoms with van der Waals surface area (Å²) in [5, 5.41) is 2.99. The van der Waals surface area contributed by atoms with Crippen LogP contribution in [0.4, 0.5) is 5.69 Å². The summed E-state index contributed by atoms with van der Waals surface area (Å²) in [6, 6.07) is 23.0. The molecule has 0 saturated carbocycles. The van der Waals surface area contributed by atoms with E-state index in [2.05, 4.69) is 37.9 Å². The van der Waals surface area contributed by atoms with Crippen molar-refractivity contribution < 1.29 is 4.79 Å². The van der Waals surface area contributed by atoms with Crippen LogP contribution < -0.4 is 5.32 Å². The first-order valence-electron chi connectivity index (χ1n) is 7.82. The molecule has 5 heteroatoms. The number of anilines is 1. The molecule has 0 bridgehead atoms. The van der Waals surface area contributed by atoms with Crippen LogP contribution in [0.5, 0.6) is 0 Å². The zero-order chi connectivity index (χ0) is 17.2. The molecule has 4 nitrogen and oxygen atoms in total. The number of hydrogen-bond acceptors (Lipinski definition) is 2. The Bertz CT molecular complexity index is 1020. The van der Waals surface area contributed by atoms with Crippen molar-refractivity contribution in [3.63, 3.8) is 0 Å². The molecule has 0 saturated heterocycles. The summed E-state index contributed by atoms with van der Waals surface area (Å²) >= 11 is 2.22. The zero-order valence-corrected chi connectivity index (χ0v) is 15.3. The molecule has 4 rings (SSSR count). The Balaban J connectivity index is 1.69. The zero-order valence-electron chi connectivity index (χ0n) is 13.2. The van der Waals surface area contributed by atoms with E-state index in [1.54, 1.807) is 0 Å². The maximum absolute atomic E-state index is 12.5. The Morgan fingerprint density at radius 2 is 1.64 bits per heavy atom. The number of halogens is 1. The van der Waals surface area contributed by atoms with Gasteiger partial charge >= 0.3 is 0 Å². The van der Waals surface area contributed by atoms with E-state index in [9.17, 15) is 4.79 Å². The Hall–Kier alpha value is -2.67. The minimum atomic E-state index is -0.139. The van der Waals surface area contributed by atoms with Crippen LogP contribution in [0.15, 0.2) is 72.8 Å². The van der Waals surface area contributed by atoms with E-state index in [-0.39, 0.29) is 5.91 Å². The number of nitrogens with one attached hydrogen (secondary N) is 2. The van der Waals surface area contributed by atoms with Gasteiger partial charge in [-0.15, -0.1) is 0 Å². The van der Waals surface area contributed by atoms with Gasteiger partial charge < -0.3 is 10.3 Å². The molecule has 1 aromatic heterocycles. The van der Waals surface area contributed by atoms with E-state index in [1.165, 1.54) is 0 Å². The Kier molecular flexibility index (Phi) is 4.23. The fraction of sp³-hybridized carbons (Fsp3) is 0. The average Bonchev–Trinajstić information content (AvgIpc) is 3.06. The monoisotopic (exact) mass is 439 g/mol. The van der Waals surface area contributed by atoms with Crippen molar-refractivity contribution in [2.45, 2.75) is 0 Å². The molecule has 0 spiro atoms. The van der Waals surface area contributed by atoms with Crippen LogP contribution in [-0.2, 0) is 0 Å². The largest absolute Gasteiger partial charge is 0.338 e. The minimum absolute atomic E-state index is 0.139. The summed E-state index contributed by atoms with van der Waals surface area (Å²) in [4.78, 5) is 20.5. The number of hydrogen-bond donors (Lipinski definition) is 2. The van der Waals surface area contributed by atoms with Crippen LogP contribution in [0.2, 0.25) is 0 Å². The highest BCUT2D eigenvalue weighted by atomic mass is 127. The highest BCUT2D eigenvalue weighted by Crippen LogP contribution is 2.27. The molecule has 3 aromatic carbocycles. The van der Waals surface area contributed by atoms with E-state index in [1.807, 2.05) is 72.8 Å². The lowest BCUT2D eigenvalue weighted by Gasteiger charge is -2.09. The van der Waals surface area contributed by atoms with Crippen LogP contribution in [0.3, 0.4) is 0 Å². The van der Waals surface area contributed by atoms with Crippen molar-refractivity contribution in [1.82, 2.24) is 9.97 Å².